The monoisotopic (exact) mass is 452 g/mol. The molecule has 0 N–H and O–H groups in total. The summed E-state index contributed by atoms with van der Waals surface area (Å²) in [4.78, 5) is 20.6. The third-order valence-corrected chi connectivity index (χ3v) is 7.20. The third-order valence-electron chi connectivity index (χ3n) is 5.81. The van der Waals surface area contributed by atoms with Crippen LogP contribution in [0.4, 0.5) is 5.69 Å². The number of benzene rings is 2. The van der Waals surface area contributed by atoms with E-state index < -0.39 is 11.2 Å². The quantitative estimate of drug-likeness (QED) is 0.405. The minimum Gasteiger partial charge on any atom is -0.606 e. The number of aryl methyl sites for hydroxylation is 1. The second-order valence-corrected chi connectivity index (χ2v) is 9.42. The van der Waals surface area contributed by atoms with Crippen LogP contribution < -0.4 is 9.64 Å². The summed E-state index contributed by atoms with van der Waals surface area (Å²) in [6.45, 7) is 5.49. The molecule has 3 aromatic rings. The van der Waals surface area contributed by atoms with Gasteiger partial charge in [0.15, 0.2) is 4.90 Å². The number of hydrogen-bond donors (Lipinski definition) is 0. The zero-order valence-electron chi connectivity index (χ0n) is 18.7. The van der Waals surface area contributed by atoms with E-state index in [9.17, 15) is 9.35 Å². The number of hydrogen-bond acceptors (Lipinski definition) is 6. The summed E-state index contributed by atoms with van der Waals surface area (Å²) in [5.74, 6) is 0.324. The molecule has 2 unspecified atom stereocenters. The van der Waals surface area contributed by atoms with Gasteiger partial charge in [0.05, 0.1) is 31.3 Å². The van der Waals surface area contributed by atoms with Gasteiger partial charge in [0, 0.05) is 29.7 Å². The van der Waals surface area contributed by atoms with Crippen LogP contribution in [-0.2, 0) is 20.7 Å². The first-order valence-corrected chi connectivity index (χ1v) is 12.0. The molecule has 7 heteroatoms. The van der Waals surface area contributed by atoms with Crippen LogP contribution in [0, 0.1) is 12.8 Å². The molecule has 2 heterocycles. The van der Waals surface area contributed by atoms with Crippen LogP contribution in [0.5, 0.6) is 5.75 Å². The molecule has 2 aromatic carbocycles. The number of fused-ring (bicyclic) bond motifs is 1. The minimum absolute atomic E-state index is 0.172. The Balaban J connectivity index is 1.82. The Kier molecular flexibility index (Phi) is 6.86. The number of aromatic nitrogens is 1. The molecule has 1 aliphatic rings. The smallest absolute Gasteiger partial charge is 0.310 e. The first-order chi connectivity index (χ1) is 15.5. The normalized spacial score (nSPS) is 17.2. The Morgan fingerprint density at radius 2 is 2.03 bits per heavy atom. The van der Waals surface area contributed by atoms with Gasteiger partial charge in [0.2, 0.25) is 4.90 Å². The van der Waals surface area contributed by atoms with Crippen LogP contribution in [0.15, 0.2) is 58.5 Å². The third kappa shape index (κ3) is 4.54. The van der Waals surface area contributed by atoms with E-state index in [1.807, 2.05) is 56.3 Å². The van der Waals surface area contributed by atoms with Crippen molar-refractivity contribution in [3.05, 3.63) is 54.2 Å². The zero-order valence-corrected chi connectivity index (χ0v) is 19.5. The van der Waals surface area contributed by atoms with Crippen LogP contribution in [0.1, 0.15) is 25.3 Å². The maximum Gasteiger partial charge on any atom is 0.310 e. The predicted molar refractivity (Wildman–Crippen MR) is 126 cm³/mol. The maximum atomic E-state index is 13.7. The number of carbonyl (C=O) groups is 1. The molecule has 32 heavy (non-hydrogen) atoms. The Morgan fingerprint density at radius 3 is 2.75 bits per heavy atom. The lowest BCUT2D eigenvalue weighted by Gasteiger charge is -2.34. The molecule has 168 valence electrons. The molecule has 0 aliphatic carbocycles. The summed E-state index contributed by atoms with van der Waals surface area (Å²) < 4.78 is 24.4. The highest BCUT2D eigenvalue weighted by Crippen LogP contribution is 2.39. The molecule has 2 atom stereocenters. The fourth-order valence-electron chi connectivity index (χ4n) is 4.15. The van der Waals surface area contributed by atoms with Crippen LogP contribution in [-0.4, -0.2) is 42.3 Å². The molecule has 1 saturated heterocycles. The van der Waals surface area contributed by atoms with E-state index in [1.54, 1.807) is 13.3 Å². The maximum absolute atomic E-state index is 13.7. The Labute approximate surface area is 191 Å². The lowest BCUT2D eigenvalue weighted by Crippen LogP contribution is -2.40. The van der Waals surface area contributed by atoms with Gasteiger partial charge >= 0.3 is 5.97 Å². The van der Waals surface area contributed by atoms with Gasteiger partial charge in [-0.15, -0.1) is 0 Å². The Morgan fingerprint density at radius 1 is 1.25 bits per heavy atom. The van der Waals surface area contributed by atoms with Gasteiger partial charge in [0.1, 0.15) is 11.4 Å². The van der Waals surface area contributed by atoms with Crippen molar-refractivity contribution in [3.63, 3.8) is 0 Å². The van der Waals surface area contributed by atoms with Crippen LogP contribution in [0.2, 0.25) is 0 Å². The molecule has 1 fully saturated rings. The van der Waals surface area contributed by atoms with E-state index in [1.165, 1.54) is 0 Å². The van der Waals surface area contributed by atoms with Gasteiger partial charge in [-0.1, -0.05) is 17.7 Å². The molecule has 0 radical (unpaired) electrons. The SMILES string of the molecule is CCOC(=O)C1CCCN(c2c([S+]([O-])c3ccc(C)cc3)cnc3ccc(OC)cc23)C1. The van der Waals surface area contributed by atoms with Crippen molar-refractivity contribution in [2.24, 2.45) is 5.92 Å². The average Bonchev–Trinajstić information content (AvgIpc) is 2.83. The standard InChI is InChI=1S/C25H28N2O4S/c1-4-31-25(28)18-6-5-13-27(16-18)24-21-14-19(30-3)9-12-22(21)26-15-23(24)32(29)20-10-7-17(2)8-11-20/h7-12,14-15,18H,4-6,13,16H2,1-3H3. The van der Waals surface area contributed by atoms with Gasteiger partial charge in [-0.25, -0.2) is 0 Å². The molecule has 0 saturated carbocycles. The van der Waals surface area contributed by atoms with Crippen molar-refractivity contribution < 1.29 is 18.8 Å². The van der Waals surface area contributed by atoms with Gasteiger partial charge in [-0.05, 0) is 57.0 Å². The summed E-state index contributed by atoms with van der Waals surface area (Å²) in [5.41, 5.74) is 2.76. The first kappa shape index (κ1) is 22.4. The Hall–Kier alpha value is -2.77. The molecular weight excluding hydrogens is 424 g/mol. The van der Waals surface area contributed by atoms with Crippen molar-refractivity contribution in [1.82, 2.24) is 4.98 Å². The van der Waals surface area contributed by atoms with Gasteiger partial charge < -0.3 is 18.9 Å². The van der Waals surface area contributed by atoms with Crippen molar-refractivity contribution >= 4 is 33.7 Å². The number of rotatable bonds is 6. The van der Waals surface area contributed by atoms with Crippen molar-refractivity contribution in [3.8, 4) is 5.75 Å². The summed E-state index contributed by atoms with van der Waals surface area (Å²) in [5, 5.41) is 0.867. The second-order valence-electron chi connectivity index (χ2n) is 7.97. The molecule has 1 aromatic heterocycles. The zero-order chi connectivity index (χ0) is 22.7. The lowest BCUT2D eigenvalue weighted by molar-refractivity contribution is -0.148. The van der Waals surface area contributed by atoms with E-state index in [0.29, 0.717) is 23.8 Å². The number of piperidine rings is 1. The number of nitrogens with zero attached hydrogens (tertiary/aromatic N) is 2. The van der Waals surface area contributed by atoms with E-state index >= 15 is 0 Å². The van der Waals surface area contributed by atoms with Crippen LogP contribution >= 0.6 is 0 Å². The largest absolute Gasteiger partial charge is 0.606 e. The number of methoxy groups -OCH3 is 1. The van der Waals surface area contributed by atoms with Gasteiger partial charge in [-0.3, -0.25) is 9.78 Å². The number of esters is 1. The van der Waals surface area contributed by atoms with Gasteiger partial charge in [0.25, 0.3) is 0 Å². The molecule has 4 rings (SSSR count). The first-order valence-electron chi connectivity index (χ1n) is 10.9. The molecule has 0 amide bonds. The minimum atomic E-state index is -1.42. The fourth-order valence-corrected chi connectivity index (χ4v) is 5.35. The highest BCUT2D eigenvalue weighted by Gasteiger charge is 2.32. The molecule has 1 aliphatic heterocycles. The second kappa shape index (κ2) is 9.79. The van der Waals surface area contributed by atoms with Crippen molar-refractivity contribution in [1.29, 1.82) is 0 Å². The number of pyridine rings is 1. The molecule has 6 nitrogen and oxygen atoms in total. The summed E-state index contributed by atoms with van der Waals surface area (Å²) in [6.07, 6.45) is 3.35. The highest BCUT2D eigenvalue weighted by atomic mass is 32.2. The van der Waals surface area contributed by atoms with Crippen molar-refractivity contribution in [2.75, 3.05) is 31.7 Å². The topological polar surface area (TPSA) is 74.7 Å². The van der Waals surface area contributed by atoms with E-state index in [2.05, 4.69) is 9.88 Å². The lowest BCUT2D eigenvalue weighted by atomic mass is 9.97. The predicted octanol–water partition coefficient (Wildman–Crippen LogP) is 4.50. The molecule has 0 spiro atoms. The number of carbonyl (C=O) groups excluding carboxylic acids is 1. The van der Waals surface area contributed by atoms with Gasteiger partial charge in [-0.2, -0.15) is 0 Å². The van der Waals surface area contributed by atoms with Crippen LogP contribution in [0.3, 0.4) is 0 Å². The Bertz CT molecular complexity index is 1100. The summed E-state index contributed by atoms with van der Waals surface area (Å²) >= 11 is -1.42. The molecule has 0 bridgehead atoms. The number of anilines is 1. The summed E-state index contributed by atoms with van der Waals surface area (Å²) in [7, 11) is 1.63. The van der Waals surface area contributed by atoms with Crippen LogP contribution in [0.25, 0.3) is 10.9 Å². The fraction of sp³-hybridized carbons (Fsp3) is 0.360. The highest BCUT2D eigenvalue weighted by molar-refractivity contribution is 7.91. The molecular formula is C25H28N2O4S. The summed E-state index contributed by atoms with van der Waals surface area (Å²) in [6, 6.07) is 13.4. The van der Waals surface area contributed by atoms with E-state index in [-0.39, 0.29) is 11.9 Å². The van der Waals surface area contributed by atoms with E-state index in [4.69, 9.17) is 9.47 Å². The van der Waals surface area contributed by atoms with Crippen molar-refractivity contribution in [2.45, 2.75) is 36.5 Å². The number of ether oxygens (including phenoxy) is 2. The average molecular weight is 453 g/mol. The van der Waals surface area contributed by atoms with E-state index in [0.717, 1.165) is 46.4 Å².